The number of hydrogen-bond donors (Lipinski definition) is 5. The fraction of sp³-hybridized carbons (Fsp3) is 0.319. The van der Waals surface area contributed by atoms with Crippen molar-refractivity contribution in [1.82, 2.24) is 40.4 Å². The largest absolute Gasteiger partial charge is 0.453 e. The van der Waals surface area contributed by atoms with Gasteiger partial charge in [0, 0.05) is 34.7 Å². The van der Waals surface area contributed by atoms with Crippen molar-refractivity contribution in [3.8, 4) is 46.1 Å². The summed E-state index contributed by atoms with van der Waals surface area (Å²) in [5, 5.41) is 5.38. The number of nitrogens with one attached hydrogen (secondary N) is 4. The number of nitrogens with zero attached hydrogens (tertiary/aromatic N) is 4. The number of amides is 4. The predicted molar refractivity (Wildman–Crippen MR) is 250 cm³/mol. The Bertz CT molecular complexity index is 2560. The molecule has 3 aromatic carbocycles. The number of benzene rings is 3. The highest BCUT2D eigenvalue weighted by atomic mass is 35.5. The number of methoxy groups -OCH3 is 2. The summed E-state index contributed by atoms with van der Waals surface area (Å²) in [7, 11) is 2.54. The first-order valence-electron chi connectivity index (χ1n) is 20.5. The van der Waals surface area contributed by atoms with Crippen molar-refractivity contribution in [2.75, 3.05) is 27.3 Å². The Morgan fingerprint density at radius 3 is 1.97 bits per heavy atom. The van der Waals surface area contributed by atoms with E-state index in [-0.39, 0.29) is 54.6 Å². The maximum absolute atomic E-state index is 13.9. The van der Waals surface area contributed by atoms with Gasteiger partial charge in [0.05, 0.1) is 44.4 Å². The van der Waals surface area contributed by atoms with E-state index in [4.69, 9.17) is 27.1 Å². The van der Waals surface area contributed by atoms with Gasteiger partial charge in [-0.1, -0.05) is 86.5 Å². The van der Waals surface area contributed by atoms with Crippen LogP contribution in [0.25, 0.3) is 22.4 Å². The zero-order valence-electron chi connectivity index (χ0n) is 35.7. The summed E-state index contributed by atoms with van der Waals surface area (Å²) in [6.45, 7) is 4.83. The fourth-order valence-corrected chi connectivity index (χ4v) is 8.45. The Morgan fingerprint density at radius 1 is 0.750 bits per heavy atom. The van der Waals surface area contributed by atoms with E-state index in [0.717, 1.165) is 47.2 Å². The van der Waals surface area contributed by atoms with Crippen LogP contribution in [0.15, 0.2) is 90.1 Å². The molecule has 5 aromatic rings. The second-order valence-electron chi connectivity index (χ2n) is 15.3. The Labute approximate surface area is 390 Å². The molecule has 2 aliphatic heterocycles. The molecule has 2 aromatic heterocycles. The Balaban J connectivity index is 0.00000385. The number of imidazole rings is 2. The Morgan fingerprint density at radius 2 is 1.33 bits per heavy atom. The van der Waals surface area contributed by atoms with Gasteiger partial charge in [-0.2, -0.15) is 0 Å². The van der Waals surface area contributed by atoms with Crippen molar-refractivity contribution in [2.45, 2.75) is 68.6 Å². The summed E-state index contributed by atoms with van der Waals surface area (Å²) < 4.78 is 9.60. The number of H-pyrrole nitrogens is 2. The minimum atomic E-state index is -0.916. The minimum Gasteiger partial charge on any atom is -0.453 e. The van der Waals surface area contributed by atoms with E-state index in [2.05, 4.69) is 49.3 Å². The van der Waals surface area contributed by atoms with Crippen molar-refractivity contribution in [1.29, 1.82) is 0 Å². The van der Waals surface area contributed by atoms with E-state index in [9.17, 15) is 19.2 Å². The van der Waals surface area contributed by atoms with Gasteiger partial charge in [0.25, 0.3) is 5.91 Å². The maximum Gasteiger partial charge on any atom is 0.407 e. The van der Waals surface area contributed by atoms with Gasteiger partial charge in [-0.25, -0.2) is 19.6 Å². The van der Waals surface area contributed by atoms with Crippen LogP contribution in [0.2, 0.25) is 0 Å². The van der Waals surface area contributed by atoms with Crippen LogP contribution in [0.4, 0.5) is 9.59 Å². The lowest BCUT2D eigenvalue weighted by molar-refractivity contribution is -0.135. The van der Waals surface area contributed by atoms with Crippen LogP contribution in [-0.4, -0.2) is 87.1 Å². The standard InChI is InChI=1S/C47H48N8O6S.2ClH/c1-29(2)39(52-46(58)60-3)44(56)54-25-14-22-37(54)43-49-28-35(51-43)34-24-23-31(38(41(34)62)30-15-7-5-8-16-30)17-11-12-20-33-27-48-42(50-33)36-21-13-26-55(36)45(57)40(53-47(59)61-4)32-18-9-6-10-19-32;;/h5-10,15-16,18-19,23-24,27-29,36-37,39-40,62H,13-14,21-22,25-26H2,1-4H3,(H,48,50)(H,49,51)(H,52,58)(H,53,59);2*1H/t36-,37-,39-,40+;;/m0../s1. The quantitative estimate of drug-likeness (QED) is 0.0697. The molecule has 4 atom stereocenters. The van der Waals surface area contributed by atoms with Gasteiger partial charge in [0.1, 0.15) is 29.4 Å². The topological polar surface area (TPSA) is 175 Å². The molecule has 4 amide bonds. The molecular formula is C47H50Cl2N8O6S. The van der Waals surface area contributed by atoms with Gasteiger partial charge in [-0.3, -0.25) is 9.59 Å². The summed E-state index contributed by atoms with van der Waals surface area (Å²) in [6, 6.07) is 20.5. The van der Waals surface area contributed by atoms with Crippen LogP contribution in [0.3, 0.4) is 0 Å². The number of hydrogen-bond acceptors (Lipinski definition) is 9. The lowest BCUT2D eigenvalue weighted by Crippen LogP contribution is -2.51. The van der Waals surface area contributed by atoms with Crippen LogP contribution in [0.1, 0.15) is 86.1 Å². The summed E-state index contributed by atoms with van der Waals surface area (Å²) in [5.74, 6) is 12.9. The number of ether oxygens (including phenoxy) is 2. The van der Waals surface area contributed by atoms with Gasteiger partial charge in [-0.15, -0.1) is 37.4 Å². The summed E-state index contributed by atoms with van der Waals surface area (Å²) in [4.78, 5) is 72.1. The third-order valence-corrected chi connectivity index (χ3v) is 11.6. The van der Waals surface area contributed by atoms with Crippen LogP contribution in [-0.2, 0) is 19.1 Å². The van der Waals surface area contributed by atoms with Gasteiger partial charge in [-0.05, 0) is 66.6 Å². The third-order valence-electron chi connectivity index (χ3n) is 11.1. The number of aromatic amines is 2. The van der Waals surface area contributed by atoms with E-state index in [1.54, 1.807) is 34.3 Å². The molecule has 2 fully saturated rings. The molecule has 0 saturated carbocycles. The molecule has 0 spiro atoms. The molecule has 17 heteroatoms. The minimum absolute atomic E-state index is 0. The van der Waals surface area contributed by atoms with Crippen LogP contribution in [0, 0.1) is 29.6 Å². The van der Waals surface area contributed by atoms with Gasteiger partial charge in [0.15, 0.2) is 0 Å². The highest BCUT2D eigenvalue weighted by Crippen LogP contribution is 2.39. The van der Waals surface area contributed by atoms with Crippen molar-refractivity contribution < 1.29 is 28.7 Å². The van der Waals surface area contributed by atoms with E-state index in [0.29, 0.717) is 47.3 Å². The molecule has 0 aliphatic carbocycles. The van der Waals surface area contributed by atoms with Gasteiger partial charge < -0.3 is 39.9 Å². The molecule has 0 bridgehead atoms. The first kappa shape index (κ1) is 48.6. The number of likely N-dealkylation sites (tertiary alicyclic amines) is 2. The highest BCUT2D eigenvalue weighted by Gasteiger charge is 2.39. The monoisotopic (exact) mass is 924 g/mol. The number of aromatic nitrogens is 4. The van der Waals surface area contributed by atoms with E-state index in [1.807, 2.05) is 74.5 Å². The smallest absolute Gasteiger partial charge is 0.407 e. The van der Waals surface area contributed by atoms with E-state index < -0.39 is 24.3 Å². The predicted octanol–water partition coefficient (Wildman–Crippen LogP) is 7.81. The Kier molecular flexibility index (Phi) is 16.9. The number of carbonyl (C=O) groups is 4. The first-order chi connectivity index (χ1) is 30.1. The zero-order valence-corrected chi connectivity index (χ0v) is 38.2. The fourth-order valence-electron chi connectivity index (χ4n) is 8.00. The molecule has 334 valence electrons. The number of thiol groups is 1. The lowest BCUT2D eigenvalue weighted by atomic mass is 9.96. The first-order valence-corrected chi connectivity index (χ1v) is 20.9. The lowest BCUT2D eigenvalue weighted by Gasteiger charge is -2.30. The van der Waals surface area contributed by atoms with Crippen LogP contribution >= 0.6 is 37.4 Å². The normalized spacial score (nSPS) is 16.2. The number of carbonyl (C=O) groups excluding carboxylic acids is 4. The van der Waals surface area contributed by atoms with Crippen molar-refractivity contribution in [3.05, 3.63) is 114 Å². The second kappa shape index (κ2) is 22.3. The average Bonchev–Trinajstić information content (AvgIpc) is 4.14. The van der Waals surface area contributed by atoms with Crippen LogP contribution in [0.5, 0.6) is 0 Å². The average molecular weight is 926 g/mol. The molecule has 64 heavy (non-hydrogen) atoms. The summed E-state index contributed by atoms with van der Waals surface area (Å²) >= 11 is 5.05. The molecule has 14 nitrogen and oxygen atoms in total. The van der Waals surface area contributed by atoms with E-state index >= 15 is 0 Å². The molecule has 2 saturated heterocycles. The molecule has 0 unspecified atom stereocenters. The number of halogens is 2. The van der Waals surface area contributed by atoms with Crippen molar-refractivity contribution in [2.24, 2.45) is 5.92 Å². The van der Waals surface area contributed by atoms with Crippen molar-refractivity contribution in [3.63, 3.8) is 0 Å². The molecule has 4 heterocycles. The Hall–Kier alpha value is -6.39. The van der Waals surface area contributed by atoms with Crippen LogP contribution < -0.4 is 10.6 Å². The summed E-state index contributed by atoms with van der Waals surface area (Å²) in [6.07, 6.45) is 5.04. The highest BCUT2D eigenvalue weighted by molar-refractivity contribution is 7.80. The molecule has 0 radical (unpaired) electrons. The molecular weight excluding hydrogens is 876 g/mol. The second-order valence-corrected chi connectivity index (χ2v) is 15.8. The zero-order chi connectivity index (χ0) is 43.8. The number of alkyl carbamates (subject to hydrolysis) is 2. The van der Waals surface area contributed by atoms with Crippen molar-refractivity contribution >= 4 is 61.4 Å². The SMILES string of the molecule is COC(=O)N[C@H](C(=O)N1CCC[C@H]1c1ncc(-c2ccc(C#CC#Cc3cnc([C@@H]4CCCN4C(=O)[C@H](NC(=O)OC)c4ccccc4)[nH]3)c(-c3ccccc3)c2S)[nH]1)C(C)C.Cl.Cl. The maximum atomic E-state index is 13.9. The van der Waals surface area contributed by atoms with Gasteiger partial charge >= 0.3 is 12.2 Å². The molecule has 2 aliphatic rings. The molecule has 7 rings (SSSR count). The molecule has 4 N–H and O–H groups in total. The number of rotatable bonds is 10. The summed E-state index contributed by atoms with van der Waals surface area (Å²) in [5.41, 5.74) is 5.22. The third kappa shape index (κ3) is 10.9. The van der Waals surface area contributed by atoms with Gasteiger partial charge in [0.2, 0.25) is 5.91 Å². The van der Waals surface area contributed by atoms with E-state index in [1.165, 1.54) is 14.2 Å².